The van der Waals surface area contributed by atoms with E-state index in [0.29, 0.717) is 45.1 Å². The van der Waals surface area contributed by atoms with Crippen LogP contribution in [0.3, 0.4) is 0 Å². The van der Waals surface area contributed by atoms with E-state index in [0.717, 1.165) is 18.4 Å². The number of anilines is 1. The van der Waals surface area contributed by atoms with Gasteiger partial charge in [0, 0.05) is 12.7 Å². The number of nitrogens with one attached hydrogen (secondary N) is 1. The van der Waals surface area contributed by atoms with Crippen LogP contribution in [-0.2, 0) is 11.3 Å². The van der Waals surface area contributed by atoms with Gasteiger partial charge >= 0.3 is 0 Å². The lowest BCUT2D eigenvalue weighted by atomic mass is 10.2. The van der Waals surface area contributed by atoms with E-state index in [1.807, 2.05) is 19.1 Å². The fourth-order valence-electron chi connectivity index (χ4n) is 3.25. The maximum absolute atomic E-state index is 13.3. The van der Waals surface area contributed by atoms with Crippen LogP contribution in [0.1, 0.15) is 36.7 Å². The Kier molecular flexibility index (Phi) is 6.24. The number of unbranched alkanes of at least 4 members (excludes halogenated alkanes) is 1. The first-order valence-electron chi connectivity index (χ1n) is 10.0. The van der Waals surface area contributed by atoms with Crippen molar-refractivity contribution in [1.82, 2.24) is 14.3 Å². The minimum Gasteiger partial charge on any atom is -0.467 e. The van der Waals surface area contributed by atoms with Gasteiger partial charge in [-0.1, -0.05) is 43.4 Å². The number of hydrogen-bond donors (Lipinski definition) is 1. The molecule has 3 aromatic rings. The lowest BCUT2D eigenvalue weighted by molar-refractivity contribution is -0.122. The highest BCUT2D eigenvalue weighted by molar-refractivity contribution is 8.26. The van der Waals surface area contributed by atoms with Crippen LogP contribution in [0.25, 0.3) is 11.7 Å². The number of carbonyl (C=O) groups is 1. The Morgan fingerprint density at radius 3 is 2.87 bits per heavy atom. The lowest BCUT2D eigenvalue weighted by Gasteiger charge is -2.13. The van der Waals surface area contributed by atoms with Gasteiger partial charge in [0.05, 0.1) is 23.3 Å². The van der Waals surface area contributed by atoms with Crippen LogP contribution in [-0.4, -0.2) is 31.1 Å². The third-order valence-corrected chi connectivity index (χ3v) is 6.28. The lowest BCUT2D eigenvalue weighted by Crippen LogP contribution is -2.29. The number of furan rings is 1. The smallest absolute Gasteiger partial charge is 0.267 e. The van der Waals surface area contributed by atoms with Crippen LogP contribution < -0.4 is 10.9 Å². The van der Waals surface area contributed by atoms with E-state index in [-0.39, 0.29) is 11.5 Å². The molecule has 4 rings (SSSR count). The zero-order valence-corrected chi connectivity index (χ0v) is 18.9. The second-order valence-corrected chi connectivity index (χ2v) is 8.91. The summed E-state index contributed by atoms with van der Waals surface area (Å²) in [5.41, 5.74) is 1.51. The summed E-state index contributed by atoms with van der Waals surface area (Å²) in [7, 11) is 0. The third kappa shape index (κ3) is 4.42. The van der Waals surface area contributed by atoms with Gasteiger partial charge in [0.2, 0.25) is 0 Å². The van der Waals surface area contributed by atoms with Crippen LogP contribution in [0.2, 0.25) is 0 Å². The summed E-state index contributed by atoms with van der Waals surface area (Å²) in [5.74, 6) is 0.931. The number of hydrogen-bond acceptors (Lipinski definition) is 7. The Hall–Kier alpha value is -2.91. The first-order valence-corrected chi connectivity index (χ1v) is 11.2. The summed E-state index contributed by atoms with van der Waals surface area (Å²) in [6.45, 7) is 4.91. The highest BCUT2D eigenvalue weighted by Crippen LogP contribution is 2.33. The average molecular weight is 455 g/mol. The minimum atomic E-state index is -0.255. The molecule has 9 heteroatoms. The third-order valence-electron chi connectivity index (χ3n) is 4.90. The van der Waals surface area contributed by atoms with Crippen molar-refractivity contribution >= 4 is 51.7 Å². The molecule has 7 nitrogen and oxygen atoms in total. The van der Waals surface area contributed by atoms with Crippen molar-refractivity contribution in [1.29, 1.82) is 0 Å². The zero-order valence-electron chi connectivity index (χ0n) is 17.3. The number of thiocarbonyl (C=S) groups is 1. The van der Waals surface area contributed by atoms with E-state index in [4.69, 9.17) is 16.6 Å². The molecule has 1 fully saturated rings. The quantitative estimate of drug-likeness (QED) is 0.423. The molecule has 0 bridgehead atoms. The summed E-state index contributed by atoms with van der Waals surface area (Å²) in [6, 6.07) is 7.33. The molecule has 0 aromatic carbocycles. The topological polar surface area (TPSA) is 79.8 Å². The standard InChI is InChI=1S/C22H22N4O3S2/c1-3-4-9-25-21(28)17(31-22(25)30)11-16-19(23-12-15-6-5-10-29-15)24-18-8-7-14(2)13-26(18)20(16)27/h5-8,10-11,13,23H,3-4,9,12H2,1-2H3. The molecular formula is C22H22N4O3S2. The van der Waals surface area contributed by atoms with Gasteiger partial charge in [-0.25, -0.2) is 4.98 Å². The monoisotopic (exact) mass is 454 g/mol. The van der Waals surface area contributed by atoms with Crippen LogP contribution >= 0.6 is 24.0 Å². The Balaban J connectivity index is 1.77. The van der Waals surface area contributed by atoms with Crippen molar-refractivity contribution in [3.8, 4) is 0 Å². The SMILES string of the molecule is CCCCN1C(=O)C(=Cc2c(NCc3ccco3)nc3ccc(C)cn3c2=O)SC1=S. The van der Waals surface area contributed by atoms with Gasteiger partial charge in [0.25, 0.3) is 11.5 Å². The molecule has 31 heavy (non-hydrogen) atoms. The molecule has 1 N–H and O–H groups in total. The Morgan fingerprint density at radius 1 is 1.29 bits per heavy atom. The molecular weight excluding hydrogens is 432 g/mol. The summed E-state index contributed by atoms with van der Waals surface area (Å²) in [4.78, 5) is 32.9. The first kappa shape index (κ1) is 21.3. The van der Waals surface area contributed by atoms with Crippen molar-refractivity contribution in [2.45, 2.75) is 33.2 Å². The Morgan fingerprint density at radius 2 is 2.13 bits per heavy atom. The van der Waals surface area contributed by atoms with Gasteiger partial charge in [-0.15, -0.1) is 0 Å². The number of rotatable bonds is 7. The summed E-state index contributed by atoms with van der Waals surface area (Å²) >= 11 is 6.61. The predicted molar refractivity (Wildman–Crippen MR) is 127 cm³/mol. The summed E-state index contributed by atoms with van der Waals surface area (Å²) < 4.78 is 7.38. The maximum Gasteiger partial charge on any atom is 0.267 e. The molecule has 0 unspecified atom stereocenters. The van der Waals surface area contributed by atoms with Gasteiger partial charge in [0.15, 0.2) is 0 Å². The second kappa shape index (κ2) is 9.07. The number of thioether (sulfide) groups is 1. The number of aromatic nitrogens is 2. The zero-order chi connectivity index (χ0) is 22.0. The van der Waals surface area contributed by atoms with Crippen molar-refractivity contribution in [2.75, 3.05) is 11.9 Å². The summed E-state index contributed by atoms with van der Waals surface area (Å²) in [6.07, 6.45) is 6.76. The van der Waals surface area contributed by atoms with E-state index in [1.54, 1.807) is 35.6 Å². The molecule has 1 aliphatic rings. The first-order chi connectivity index (χ1) is 15.0. The largest absolute Gasteiger partial charge is 0.467 e. The predicted octanol–water partition coefficient (Wildman–Crippen LogP) is 4.21. The highest BCUT2D eigenvalue weighted by atomic mass is 32.2. The van der Waals surface area contributed by atoms with Crippen LogP contribution in [0.15, 0.2) is 50.8 Å². The van der Waals surface area contributed by atoms with Crippen LogP contribution in [0.5, 0.6) is 0 Å². The summed E-state index contributed by atoms with van der Waals surface area (Å²) in [5, 5.41) is 3.18. The number of fused-ring (bicyclic) bond motifs is 1. The number of carbonyl (C=O) groups excluding carboxylic acids is 1. The number of pyridine rings is 1. The molecule has 160 valence electrons. The number of nitrogens with zero attached hydrogens (tertiary/aromatic N) is 3. The fourth-order valence-corrected chi connectivity index (χ4v) is 4.54. The van der Waals surface area contributed by atoms with E-state index in [2.05, 4.69) is 17.2 Å². The van der Waals surface area contributed by atoms with E-state index < -0.39 is 0 Å². The molecule has 4 heterocycles. The van der Waals surface area contributed by atoms with E-state index in [9.17, 15) is 9.59 Å². The van der Waals surface area contributed by atoms with Crippen LogP contribution in [0.4, 0.5) is 5.82 Å². The molecule has 0 radical (unpaired) electrons. The average Bonchev–Trinajstić information content (AvgIpc) is 3.36. The van der Waals surface area contributed by atoms with E-state index in [1.165, 1.54) is 16.2 Å². The van der Waals surface area contributed by atoms with Crippen molar-refractivity contribution in [2.24, 2.45) is 0 Å². The van der Waals surface area contributed by atoms with Crippen molar-refractivity contribution in [3.63, 3.8) is 0 Å². The molecule has 1 aliphatic heterocycles. The second-order valence-electron chi connectivity index (χ2n) is 7.23. The minimum absolute atomic E-state index is 0.172. The molecule has 0 spiro atoms. The van der Waals surface area contributed by atoms with Gasteiger partial charge < -0.3 is 9.73 Å². The van der Waals surface area contributed by atoms with Crippen molar-refractivity contribution in [3.05, 3.63) is 68.9 Å². The molecule has 0 aliphatic carbocycles. The number of aryl methyl sites for hydroxylation is 1. The maximum atomic E-state index is 13.3. The van der Waals surface area contributed by atoms with Gasteiger partial charge in [-0.05, 0) is 43.2 Å². The Labute approximate surface area is 189 Å². The van der Waals surface area contributed by atoms with E-state index >= 15 is 0 Å². The molecule has 0 atom stereocenters. The molecule has 3 aromatic heterocycles. The number of amides is 1. The molecule has 1 saturated heterocycles. The highest BCUT2D eigenvalue weighted by Gasteiger charge is 2.32. The van der Waals surface area contributed by atoms with Gasteiger partial charge in [-0.3, -0.25) is 18.9 Å². The molecule has 0 saturated carbocycles. The normalized spacial score (nSPS) is 15.4. The van der Waals surface area contributed by atoms with Gasteiger partial charge in [-0.2, -0.15) is 0 Å². The van der Waals surface area contributed by atoms with Crippen LogP contribution in [0, 0.1) is 6.92 Å². The molecule has 1 amide bonds. The van der Waals surface area contributed by atoms with Gasteiger partial charge in [0.1, 0.15) is 21.5 Å². The Bertz CT molecular complexity index is 1230. The van der Waals surface area contributed by atoms with Crippen molar-refractivity contribution < 1.29 is 9.21 Å². The fraction of sp³-hybridized carbons (Fsp3) is 0.273.